The van der Waals surface area contributed by atoms with Crippen molar-refractivity contribution in [1.82, 2.24) is 24.3 Å². The van der Waals surface area contributed by atoms with E-state index < -0.39 is 0 Å². The second-order valence-corrected chi connectivity index (χ2v) is 10.2. The summed E-state index contributed by atoms with van der Waals surface area (Å²) in [6.45, 7) is 9.00. The second kappa shape index (κ2) is 14.8. The van der Waals surface area contributed by atoms with Crippen LogP contribution in [0.15, 0.2) is 30.5 Å². The SMILES string of the molecule is CCCCCNc1nc(N)nc2ccn(Cc3ccc(CN4CCN(C(=O)CCOCCN)CC4)cc3OC)c12. The highest BCUT2D eigenvalue weighted by atomic mass is 16.5. The first-order valence-corrected chi connectivity index (χ1v) is 14.3. The topological polar surface area (TPSA) is 137 Å². The normalized spacial score (nSPS) is 14.1. The number of nitrogens with zero attached hydrogens (tertiary/aromatic N) is 5. The van der Waals surface area contributed by atoms with E-state index >= 15 is 0 Å². The predicted molar refractivity (Wildman–Crippen MR) is 158 cm³/mol. The first-order valence-electron chi connectivity index (χ1n) is 14.3. The van der Waals surface area contributed by atoms with Crippen molar-refractivity contribution in [3.05, 3.63) is 41.6 Å². The average molecular weight is 553 g/mol. The summed E-state index contributed by atoms with van der Waals surface area (Å²) in [5, 5.41) is 3.46. The molecule has 3 heterocycles. The van der Waals surface area contributed by atoms with Crippen molar-refractivity contribution in [2.24, 2.45) is 5.73 Å². The number of carbonyl (C=O) groups is 1. The van der Waals surface area contributed by atoms with E-state index in [0.29, 0.717) is 32.7 Å². The second-order valence-electron chi connectivity index (χ2n) is 10.2. The molecule has 2 aromatic heterocycles. The van der Waals surface area contributed by atoms with Crippen LogP contribution in [-0.2, 0) is 22.6 Å². The first kappa shape index (κ1) is 29.6. The minimum absolute atomic E-state index is 0.146. The Morgan fingerprint density at radius 2 is 1.90 bits per heavy atom. The van der Waals surface area contributed by atoms with Gasteiger partial charge in [-0.05, 0) is 24.1 Å². The molecule has 40 heavy (non-hydrogen) atoms. The Morgan fingerprint density at radius 3 is 2.65 bits per heavy atom. The number of nitrogens with one attached hydrogen (secondary N) is 1. The lowest BCUT2D eigenvalue weighted by atomic mass is 10.1. The van der Waals surface area contributed by atoms with Crippen molar-refractivity contribution in [3.8, 4) is 5.75 Å². The van der Waals surface area contributed by atoms with Crippen molar-refractivity contribution in [2.75, 3.05) is 70.6 Å². The fraction of sp³-hybridized carbons (Fsp3) is 0.552. The van der Waals surface area contributed by atoms with Crippen LogP contribution in [0.1, 0.15) is 43.7 Å². The molecule has 3 aromatic rings. The smallest absolute Gasteiger partial charge is 0.224 e. The number of hydrogen-bond acceptors (Lipinski definition) is 9. The van der Waals surface area contributed by atoms with Gasteiger partial charge in [0.1, 0.15) is 11.3 Å². The third-order valence-corrected chi connectivity index (χ3v) is 7.25. The van der Waals surface area contributed by atoms with E-state index in [-0.39, 0.29) is 11.9 Å². The van der Waals surface area contributed by atoms with Gasteiger partial charge in [-0.15, -0.1) is 0 Å². The van der Waals surface area contributed by atoms with Crippen LogP contribution >= 0.6 is 0 Å². The lowest BCUT2D eigenvalue weighted by Gasteiger charge is -2.35. The quantitative estimate of drug-likeness (QED) is 0.243. The molecule has 1 saturated heterocycles. The highest BCUT2D eigenvalue weighted by Crippen LogP contribution is 2.27. The predicted octanol–water partition coefficient (Wildman–Crippen LogP) is 2.68. The van der Waals surface area contributed by atoms with Gasteiger partial charge in [-0.25, -0.2) is 4.98 Å². The number of aromatic nitrogens is 3. The van der Waals surface area contributed by atoms with Gasteiger partial charge in [0.05, 0.1) is 38.8 Å². The molecule has 218 valence electrons. The van der Waals surface area contributed by atoms with Crippen LogP contribution < -0.4 is 21.5 Å². The van der Waals surface area contributed by atoms with Gasteiger partial charge in [-0.1, -0.05) is 31.9 Å². The van der Waals surface area contributed by atoms with Gasteiger partial charge >= 0.3 is 0 Å². The minimum Gasteiger partial charge on any atom is -0.496 e. The molecule has 1 fully saturated rings. The molecule has 11 heteroatoms. The fourth-order valence-electron chi connectivity index (χ4n) is 5.08. The molecular weight excluding hydrogens is 508 g/mol. The van der Waals surface area contributed by atoms with Crippen LogP contribution in [-0.4, -0.2) is 89.8 Å². The number of hydrogen-bond donors (Lipinski definition) is 3. The Morgan fingerprint density at radius 1 is 1.07 bits per heavy atom. The molecule has 1 aliphatic heterocycles. The summed E-state index contributed by atoms with van der Waals surface area (Å²) in [7, 11) is 1.71. The highest BCUT2D eigenvalue weighted by Gasteiger charge is 2.21. The number of benzene rings is 1. The Bertz CT molecular complexity index is 1240. The van der Waals surface area contributed by atoms with Gasteiger partial charge in [-0.3, -0.25) is 9.69 Å². The number of nitrogens with two attached hydrogens (primary N) is 2. The summed E-state index contributed by atoms with van der Waals surface area (Å²) >= 11 is 0. The van der Waals surface area contributed by atoms with Crippen LogP contribution in [0.3, 0.4) is 0 Å². The molecule has 5 N–H and O–H groups in total. The van der Waals surface area contributed by atoms with Gasteiger partial charge < -0.3 is 35.7 Å². The fourth-order valence-corrected chi connectivity index (χ4v) is 5.08. The van der Waals surface area contributed by atoms with Crippen molar-refractivity contribution < 1.29 is 14.3 Å². The van der Waals surface area contributed by atoms with E-state index in [1.807, 2.05) is 17.2 Å². The number of unbranched alkanes of at least 4 members (excludes halogenated alkanes) is 2. The molecule has 11 nitrogen and oxygen atoms in total. The molecule has 0 radical (unpaired) electrons. The number of methoxy groups -OCH3 is 1. The molecule has 0 aliphatic carbocycles. The molecule has 0 saturated carbocycles. The molecule has 0 spiro atoms. The zero-order chi connectivity index (χ0) is 28.3. The zero-order valence-electron chi connectivity index (χ0n) is 23.9. The van der Waals surface area contributed by atoms with Crippen LogP contribution in [0.4, 0.5) is 11.8 Å². The lowest BCUT2D eigenvalue weighted by Crippen LogP contribution is -2.48. The van der Waals surface area contributed by atoms with E-state index in [1.54, 1.807) is 7.11 Å². The summed E-state index contributed by atoms with van der Waals surface area (Å²) in [5.41, 5.74) is 15.4. The van der Waals surface area contributed by atoms with Crippen LogP contribution in [0, 0.1) is 0 Å². The largest absolute Gasteiger partial charge is 0.496 e. The molecule has 0 unspecified atom stereocenters. The number of piperazine rings is 1. The standard InChI is InChI=1S/C29H44N8O3/c1-3-4-5-11-32-28-27-24(33-29(31)34-28)8-12-37(27)21-23-7-6-22(19-25(23)39-2)20-35-13-15-36(16-14-35)26(38)9-17-40-18-10-30/h6-8,12,19H,3-5,9-11,13-18,20-21,30H2,1-2H3,(H3,31,32,33,34). The number of nitrogen functional groups attached to an aromatic ring is 1. The van der Waals surface area contributed by atoms with Crippen molar-refractivity contribution >= 4 is 28.7 Å². The number of carbonyl (C=O) groups excluding carboxylic acids is 1. The van der Waals surface area contributed by atoms with Gasteiger partial charge in [0.25, 0.3) is 0 Å². The lowest BCUT2D eigenvalue weighted by molar-refractivity contribution is -0.134. The maximum Gasteiger partial charge on any atom is 0.224 e. The Balaban J connectivity index is 1.38. The van der Waals surface area contributed by atoms with Crippen molar-refractivity contribution in [3.63, 3.8) is 0 Å². The number of anilines is 2. The van der Waals surface area contributed by atoms with Crippen molar-refractivity contribution in [2.45, 2.75) is 45.7 Å². The monoisotopic (exact) mass is 552 g/mol. The summed E-state index contributed by atoms with van der Waals surface area (Å²) in [4.78, 5) is 25.7. The molecule has 0 bridgehead atoms. The van der Waals surface area contributed by atoms with E-state index in [4.69, 9.17) is 20.9 Å². The van der Waals surface area contributed by atoms with E-state index in [0.717, 1.165) is 80.3 Å². The van der Waals surface area contributed by atoms with E-state index in [1.165, 1.54) is 12.0 Å². The summed E-state index contributed by atoms with van der Waals surface area (Å²) in [5.74, 6) is 2.03. The zero-order valence-corrected chi connectivity index (χ0v) is 23.9. The maximum atomic E-state index is 12.4. The molecular formula is C29H44N8O3. The molecule has 1 aliphatic rings. The average Bonchev–Trinajstić information content (AvgIpc) is 3.36. The number of amides is 1. The summed E-state index contributed by atoms with van der Waals surface area (Å²) in [6, 6.07) is 8.39. The first-order chi connectivity index (χ1) is 19.5. The number of fused-ring (bicyclic) bond motifs is 1. The minimum atomic E-state index is 0.146. The van der Waals surface area contributed by atoms with Crippen LogP contribution in [0.5, 0.6) is 5.75 Å². The number of rotatable bonds is 15. The Kier molecular flexibility index (Phi) is 11.0. The molecule has 1 aromatic carbocycles. The van der Waals surface area contributed by atoms with Gasteiger partial charge in [-0.2, -0.15) is 4.98 Å². The molecule has 0 atom stereocenters. The van der Waals surface area contributed by atoms with Gasteiger partial charge in [0.2, 0.25) is 11.9 Å². The van der Waals surface area contributed by atoms with E-state index in [2.05, 4.69) is 49.9 Å². The van der Waals surface area contributed by atoms with Gasteiger partial charge in [0, 0.05) is 57.6 Å². The molecule has 1 amide bonds. The Labute approximate surface area is 236 Å². The third-order valence-electron chi connectivity index (χ3n) is 7.25. The van der Waals surface area contributed by atoms with Crippen LogP contribution in [0.2, 0.25) is 0 Å². The summed E-state index contributed by atoms with van der Waals surface area (Å²) in [6.07, 6.45) is 5.84. The number of ether oxygens (including phenoxy) is 2. The Hall–Kier alpha value is -3.41. The maximum absolute atomic E-state index is 12.4. The highest BCUT2D eigenvalue weighted by molar-refractivity contribution is 5.87. The summed E-state index contributed by atoms with van der Waals surface area (Å²) < 4.78 is 13.3. The molecule has 4 rings (SSSR count). The third kappa shape index (κ3) is 7.83. The van der Waals surface area contributed by atoms with Crippen molar-refractivity contribution in [1.29, 1.82) is 0 Å². The van der Waals surface area contributed by atoms with Crippen LogP contribution in [0.25, 0.3) is 11.0 Å². The van der Waals surface area contributed by atoms with Gasteiger partial charge in [0.15, 0.2) is 5.82 Å². The van der Waals surface area contributed by atoms with E-state index in [9.17, 15) is 4.79 Å².